The van der Waals surface area contributed by atoms with Crippen molar-refractivity contribution in [3.8, 4) is 0 Å². The first-order valence-corrected chi connectivity index (χ1v) is 6.47. The lowest BCUT2D eigenvalue weighted by atomic mass is 10.1. The lowest BCUT2D eigenvalue weighted by Gasteiger charge is -2.39. The molecular weight excluding hydrogens is 262 g/mol. The minimum Gasteiger partial charge on any atom is -0.364 e. The highest BCUT2D eigenvalue weighted by molar-refractivity contribution is 5.94. The molecule has 1 aliphatic rings. The molecule has 0 saturated carbocycles. The third-order valence-corrected chi connectivity index (χ3v) is 3.64. The van der Waals surface area contributed by atoms with Crippen LogP contribution in [0.4, 0.5) is 11.4 Å². The first-order valence-electron chi connectivity index (χ1n) is 6.47. The number of piperazine rings is 1. The number of nitrogens with zero attached hydrogens (tertiary/aromatic N) is 4. The second-order valence-corrected chi connectivity index (χ2v) is 5.13. The summed E-state index contributed by atoms with van der Waals surface area (Å²) in [7, 11) is 0. The zero-order valence-electron chi connectivity index (χ0n) is 11.2. The minimum atomic E-state index is -0.472. The predicted octanol–water partition coefficient (Wildman–Crippen LogP) is 1.32. The maximum Gasteiger partial charge on any atom is 0.300 e. The average Bonchev–Trinajstić information content (AvgIpc) is 2.89. The van der Waals surface area contributed by atoms with Crippen LogP contribution in [0, 0.1) is 10.1 Å². The van der Waals surface area contributed by atoms with E-state index in [4.69, 9.17) is 4.63 Å². The van der Waals surface area contributed by atoms with Crippen LogP contribution in [0.1, 0.15) is 13.8 Å². The van der Waals surface area contributed by atoms with E-state index in [2.05, 4.69) is 34.4 Å². The molecule has 0 spiro atoms. The third-order valence-electron chi connectivity index (χ3n) is 3.64. The van der Waals surface area contributed by atoms with Gasteiger partial charge in [-0.25, -0.2) is 4.63 Å². The molecule has 2 aromatic rings. The van der Waals surface area contributed by atoms with Crippen molar-refractivity contribution >= 4 is 22.4 Å². The van der Waals surface area contributed by atoms with Gasteiger partial charge in [-0.05, 0) is 30.2 Å². The second kappa shape index (κ2) is 4.71. The van der Waals surface area contributed by atoms with Gasteiger partial charge in [0, 0.05) is 31.2 Å². The van der Waals surface area contributed by atoms with E-state index in [0.29, 0.717) is 11.6 Å². The number of nitro benzene ring substituents is 1. The van der Waals surface area contributed by atoms with E-state index in [-0.39, 0.29) is 17.2 Å². The molecule has 8 nitrogen and oxygen atoms in total. The number of nitro groups is 1. The molecule has 106 valence electrons. The molecule has 2 atom stereocenters. The van der Waals surface area contributed by atoms with Gasteiger partial charge in [0.05, 0.1) is 10.6 Å². The van der Waals surface area contributed by atoms with Crippen molar-refractivity contribution < 1.29 is 9.55 Å². The first-order chi connectivity index (χ1) is 9.58. The Morgan fingerprint density at radius 2 is 2.15 bits per heavy atom. The number of hydrogen-bond donors (Lipinski definition) is 1. The van der Waals surface area contributed by atoms with Crippen LogP contribution in [0.15, 0.2) is 16.8 Å². The summed E-state index contributed by atoms with van der Waals surface area (Å²) in [6.07, 6.45) is 0. The molecule has 20 heavy (non-hydrogen) atoms. The van der Waals surface area contributed by atoms with Gasteiger partial charge in [-0.15, -0.1) is 0 Å². The van der Waals surface area contributed by atoms with Crippen LogP contribution in [0.5, 0.6) is 0 Å². The molecule has 8 heteroatoms. The summed E-state index contributed by atoms with van der Waals surface area (Å²) in [5.41, 5.74) is 1.39. The van der Waals surface area contributed by atoms with Gasteiger partial charge in [0.25, 0.3) is 0 Å². The number of hydrogen-bond acceptors (Lipinski definition) is 7. The van der Waals surface area contributed by atoms with Gasteiger partial charge >= 0.3 is 5.69 Å². The fourth-order valence-electron chi connectivity index (χ4n) is 2.58. The highest BCUT2D eigenvalue weighted by atomic mass is 16.6. The first kappa shape index (κ1) is 12.8. The van der Waals surface area contributed by atoms with Crippen molar-refractivity contribution in [3.63, 3.8) is 0 Å². The number of anilines is 1. The minimum absolute atomic E-state index is 0.0826. The Kier molecular flexibility index (Phi) is 3.01. The highest BCUT2D eigenvalue weighted by Crippen LogP contribution is 2.32. The summed E-state index contributed by atoms with van der Waals surface area (Å²) in [5, 5.41) is 21.9. The van der Waals surface area contributed by atoms with Crippen LogP contribution in [0.3, 0.4) is 0 Å². The Morgan fingerprint density at radius 1 is 1.40 bits per heavy atom. The van der Waals surface area contributed by atoms with E-state index >= 15 is 0 Å². The number of rotatable bonds is 2. The summed E-state index contributed by atoms with van der Waals surface area (Å²) in [6, 6.07) is 3.80. The molecular formula is C12H15N5O3. The van der Waals surface area contributed by atoms with Gasteiger partial charge < -0.3 is 10.2 Å². The summed E-state index contributed by atoms with van der Waals surface area (Å²) < 4.78 is 4.70. The largest absolute Gasteiger partial charge is 0.364 e. The normalized spacial score (nSPS) is 23.2. The van der Waals surface area contributed by atoms with E-state index in [9.17, 15) is 10.1 Å². The van der Waals surface area contributed by atoms with E-state index in [1.165, 1.54) is 6.07 Å². The zero-order chi connectivity index (χ0) is 14.3. The van der Waals surface area contributed by atoms with Gasteiger partial charge in [-0.2, -0.15) is 0 Å². The van der Waals surface area contributed by atoms with E-state index < -0.39 is 4.92 Å². The number of benzene rings is 1. The Labute approximate surface area is 114 Å². The summed E-state index contributed by atoms with van der Waals surface area (Å²) in [6.45, 7) is 5.86. The van der Waals surface area contributed by atoms with Gasteiger partial charge in [-0.1, -0.05) is 0 Å². The smallest absolute Gasteiger partial charge is 0.300 e. The van der Waals surface area contributed by atoms with Gasteiger partial charge in [0.15, 0.2) is 5.52 Å². The number of non-ortho nitro benzene ring substituents is 1. The van der Waals surface area contributed by atoms with E-state index in [0.717, 1.165) is 18.8 Å². The zero-order valence-corrected chi connectivity index (χ0v) is 11.2. The van der Waals surface area contributed by atoms with Crippen LogP contribution in [0.25, 0.3) is 11.0 Å². The SMILES string of the molecule is CC1CN(c2ccc([N+](=O)[O-])c3nonc23)C(C)CN1. The quantitative estimate of drug-likeness (QED) is 0.653. The number of aromatic nitrogens is 2. The van der Waals surface area contributed by atoms with Crippen LogP contribution in [0.2, 0.25) is 0 Å². The molecule has 0 aliphatic carbocycles. The van der Waals surface area contributed by atoms with Crippen LogP contribution < -0.4 is 10.2 Å². The van der Waals surface area contributed by atoms with Crippen molar-refractivity contribution in [3.05, 3.63) is 22.2 Å². The topological polar surface area (TPSA) is 97.3 Å². The standard InChI is InChI=1S/C12H15N5O3/c1-7-6-16(8(2)5-13-7)9-3-4-10(17(18)19)12-11(9)14-20-15-12/h3-4,7-8,13H,5-6H2,1-2H3. The maximum atomic E-state index is 11.0. The molecule has 1 aromatic carbocycles. The van der Waals surface area contributed by atoms with Crippen molar-refractivity contribution in [1.82, 2.24) is 15.6 Å². The molecule has 0 bridgehead atoms. The predicted molar refractivity (Wildman–Crippen MR) is 72.7 cm³/mol. The fourth-order valence-corrected chi connectivity index (χ4v) is 2.58. The molecule has 1 saturated heterocycles. The molecule has 1 aromatic heterocycles. The van der Waals surface area contributed by atoms with Gasteiger partial charge in [0.1, 0.15) is 0 Å². The molecule has 1 fully saturated rings. The van der Waals surface area contributed by atoms with Crippen molar-refractivity contribution in [2.75, 3.05) is 18.0 Å². The lowest BCUT2D eigenvalue weighted by molar-refractivity contribution is -0.383. The van der Waals surface area contributed by atoms with Gasteiger partial charge in [0.2, 0.25) is 5.52 Å². The molecule has 2 unspecified atom stereocenters. The molecule has 0 radical (unpaired) electrons. The molecule has 1 N–H and O–H groups in total. The monoisotopic (exact) mass is 277 g/mol. The lowest BCUT2D eigenvalue weighted by Crippen LogP contribution is -2.54. The third kappa shape index (κ3) is 1.97. The maximum absolute atomic E-state index is 11.0. The van der Waals surface area contributed by atoms with Crippen LogP contribution in [-0.4, -0.2) is 40.4 Å². The molecule has 0 amide bonds. The van der Waals surface area contributed by atoms with Crippen molar-refractivity contribution in [2.24, 2.45) is 0 Å². The highest BCUT2D eigenvalue weighted by Gasteiger charge is 2.28. The van der Waals surface area contributed by atoms with Crippen LogP contribution >= 0.6 is 0 Å². The summed E-state index contributed by atoms with van der Waals surface area (Å²) >= 11 is 0. The Hall–Kier alpha value is -2.22. The summed E-state index contributed by atoms with van der Waals surface area (Å²) in [4.78, 5) is 12.7. The van der Waals surface area contributed by atoms with E-state index in [1.54, 1.807) is 6.07 Å². The Bertz CT molecular complexity index is 656. The number of nitrogens with one attached hydrogen (secondary N) is 1. The molecule has 3 rings (SSSR count). The summed E-state index contributed by atoms with van der Waals surface area (Å²) in [5.74, 6) is 0. The number of fused-ring (bicyclic) bond motifs is 1. The Morgan fingerprint density at radius 3 is 2.90 bits per heavy atom. The average molecular weight is 277 g/mol. The second-order valence-electron chi connectivity index (χ2n) is 5.13. The van der Waals surface area contributed by atoms with Crippen molar-refractivity contribution in [1.29, 1.82) is 0 Å². The van der Waals surface area contributed by atoms with Crippen LogP contribution in [-0.2, 0) is 0 Å². The van der Waals surface area contributed by atoms with Gasteiger partial charge in [-0.3, -0.25) is 10.1 Å². The van der Waals surface area contributed by atoms with E-state index in [1.807, 2.05) is 0 Å². The fraction of sp³-hybridized carbons (Fsp3) is 0.500. The molecule has 1 aliphatic heterocycles. The van der Waals surface area contributed by atoms with Crippen molar-refractivity contribution in [2.45, 2.75) is 25.9 Å². The Balaban J connectivity index is 2.10. The molecule has 2 heterocycles.